The largest absolute Gasteiger partial charge is 0.453 e. The zero-order valence-electron chi connectivity index (χ0n) is 49.6. The van der Waals surface area contributed by atoms with Gasteiger partial charge in [-0.05, 0) is 110 Å². The van der Waals surface area contributed by atoms with Crippen molar-refractivity contribution in [3.05, 3.63) is 23.3 Å². The number of aliphatic hydroxyl groups is 15. The van der Waals surface area contributed by atoms with Crippen LogP contribution >= 0.6 is 0 Å². The summed E-state index contributed by atoms with van der Waals surface area (Å²) < 4.78 is 53.8. The highest BCUT2D eigenvalue weighted by Crippen LogP contribution is 2.76. The van der Waals surface area contributed by atoms with E-state index in [1.165, 1.54) is 13.0 Å². The Labute approximate surface area is 490 Å². The molecule has 482 valence electrons. The Morgan fingerprint density at radius 3 is 1.64 bits per heavy atom. The smallest absolute Gasteiger partial charge is 0.333 e. The standard InChI is InChI=1S/C59H96O25/c1-10-25(2)49(75)84-46-38(65)31(23-77-51-43(70)40(67)36(63)29(21-61)80-51)82-53(45(46)72)83-34-14-15-56(7)32(55(34,5)6)13-16-58(9)33(56)12-11-26-27-19-54(3,4)47(73)48(74)59(27,18-17-57(26,58)8)24-78-52-44(71)41(68)37(64)30(81-52)22-76-50-42(69)39(66)35(62)28(20-60)79-50/h10-11,27-48,50-53,60-74H,12-24H2,1-9H3/b25-10-/t27-,28+,29+,30+,31+,32-,33+,34-,35+,36+,37+,38+,39-,40-,41-,42+,43+,44+,45+,46-,47-,48-,50+,51+,52+,53-,56-,57+,58+,59-/m0/s1. The highest BCUT2D eigenvalue weighted by molar-refractivity contribution is 5.87. The number of carbonyl (C=O) groups is 1. The number of ether oxygens (including phenoxy) is 9. The van der Waals surface area contributed by atoms with Gasteiger partial charge in [0.25, 0.3) is 0 Å². The summed E-state index contributed by atoms with van der Waals surface area (Å²) in [5, 5.41) is 163. The third-order valence-electron chi connectivity index (χ3n) is 22.7. The van der Waals surface area contributed by atoms with Crippen molar-refractivity contribution >= 4 is 5.97 Å². The van der Waals surface area contributed by atoms with Gasteiger partial charge in [0.15, 0.2) is 31.3 Å². The molecule has 25 heteroatoms. The summed E-state index contributed by atoms with van der Waals surface area (Å²) in [4.78, 5) is 13.2. The first-order valence-electron chi connectivity index (χ1n) is 30.0. The van der Waals surface area contributed by atoms with E-state index in [1.54, 1.807) is 6.92 Å². The first-order valence-corrected chi connectivity index (χ1v) is 30.0. The highest BCUT2D eigenvalue weighted by atomic mass is 16.7. The molecule has 0 amide bonds. The Morgan fingerprint density at radius 2 is 1.10 bits per heavy atom. The fourth-order valence-corrected chi connectivity index (χ4v) is 17.0. The van der Waals surface area contributed by atoms with Gasteiger partial charge in [-0.1, -0.05) is 66.2 Å². The third-order valence-corrected chi connectivity index (χ3v) is 22.7. The Morgan fingerprint density at radius 1 is 0.583 bits per heavy atom. The molecule has 84 heavy (non-hydrogen) atoms. The summed E-state index contributed by atoms with van der Waals surface area (Å²) in [7, 11) is 0. The number of hydrogen-bond donors (Lipinski definition) is 15. The van der Waals surface area contributed by atoms with Crippen LogP contribution in [0.5, 0.6) is 0 Å². The number of fused-ring (bicyclic) bond motifs is 7. The van der Waals surface area contributed by atoms with Crippen molar-refractivity contribution in [3.8, 4) is 0 Å². The molecule has 5 aliphatic carbocycles. The average molecular weight is 1210 g/mol. The van der Waals surface area contributed by atoms with Gasteiger partial charge in [0.2, 0.25) is 0 Å². The minimum absolute atomic E-state index is 0.0758. The first kappa shape index (κ1) is 66.4. The second-order valence-electron chi connectivity index (χ2n) is 27.9. The second-order valence-corrected chi connectivity index (χ2v) is 27.9. The van der Waals surface area contributed by atoms with Crippen LogP contribution in [-0.2, 0) is 47.4 Å². The fourth-order valence-electron chi connectivity index (χ4n) is 17.0. The van der Waals surface area contributed by atoms with Gasteiger partial charge in [0, 0.05) is 11.0 Å². The van der Waals surface area contributed by atoms with E-state index in [-0.39, 0.29) is 40.8 Å². The maximum atomic E-state index is 13.2. The maximum absolute atomic E-state index is 13.2. The molecular formula is C59H96O25. The molecule has 9 rings (SSSR count). The van der Waals surface area contributed by atoms with Crippen molar-refractivity contribution in [2.75, 3.05) is 33.0 Å². The van der Waals surface area contributed by atoms with Gasteiger partial charge in [-0.3, -0.25) is 0 Å². The molecule has 4 saturated carbocycles. The quantitative estimate of drug-likeness (QED) is 0.0361. The molecule has 0 aromatic carbocycles. The highest BCUT2D eigenvalue weighted by Gasteiger charge is 2.71. The Bertz CT molecular complexity index is 2350. The molecule has 0 aromatic heterocycles. The number of carbonyl (C=O) groups excluding carboxylic acids is 1. The topological polar surface area (TPSA) is 404 Å². The molecule has 0 radical (unpaired) electrons. The van der Waals surface area contributed by atoms with Crippen molar-refractivity contribution in [3.63, 3.8) is 0 Å². The van der Waals surface area contributed by atoms with E-state index >= 15 is 0 Å². The lowest BCUT2D eigenvalue weighted by Crippen LogP contribution is -2.68. The average Bonchev–Trinajstić information content (AvgIpc) is 0.700. The maximum Gasteiger partial charge on any atom is 0.333 e. The Kier molecular flexibility index (Phi) is 19.5. The van der Waals surface area contributed by atoms with Crippen molar-refractivity contribution in [1.82, 2.24) is 0 Å². The first-order chi connectivity index (χ1) is 39.3. The number of rotatable bonds is 15. The number of allylic oxidation sites excluding steroid dienone is 3. The molecule has 4 heterocycles. The summed E-state index contributed by atoms with van der Waals surface area (Å²) in [6.07, 6.45) is -26.0. The Hall–Kier alpha value is -1.97. The molecule has 8 fully saturated rings. The predicted molar refractivity (Wildman–Crippen MR) is 289 cm³/mol. The van der Waals surface area contributed by atoms with Gasteiger partial charge in [-0.15, -0.1) is 0 Å². The molecule has 9 aliphatic rings. The molecule has 0 unspecified atom stereocenters. The van der Waals surface area contributed by atoms with E-state index in [4.69, 9.17) is 42.6 Å². The molecule has 0 spiro atoms. The van der Waals surface area contributed by atoms with Gasteiger partial charge in [-0.2, -0.15) is 0 Å². The van der Waals surface area contributed by atoms with Gasteiger partial charge in [0.1, 0.15) is 91.6 Å². The second kappa shape index (κ2) is 24.7. The molecular weight excluding hydrogens is 1110 g/mol. The van der Waals surface area contributed by atoms with Crippen LogP contribution in [0.3, 0.4) is 0 Å². The van der Waals surface area contributed by atoms with Crippen LogP contribution in [-0.4, -0.2) is 257 Å². The third kappa shape index (κ3) is 11.1. The van der Waals surface area contributed by atoms with E-state index in [1.807, 2.05) is 13.8 Å². The van der Waals surface area contributed by atoms with Crippen LogP contribution in [0.2, 0.25) is 0 Å². The minimum Gasteiger partial charge on any atom is -0.453 e. The lowest BCUT2D eigenvalue weighted by molar-refractivity contribution is -0.346. The zero-order valence-corrected chi connectivity index (χ0v) is 49.6. The Balaban J connectivity index is 0.928. The minimum atomic E-state index is -1.80. The molecule has 25 nitrogen and oxygen atoms in total. The van der Waals surface area contributed by atoms with Crippen molar-refractivity contribution in [1.29, 1.82) is 0 Å². The van der Waals surface area contributed by atoms with Gasteiger partial charge in [0.05, 0.1) is 51.3 Å². The predicted octanol–water partition coefficient (Wildman–Crippen LogP) is -2.10. The van der Waals surface area contributed by atoms with Gasteiger partial charge >= 0.3 is 5.97 Å². The number of hydrogen-bond acceptors (Lipinski definition) is 25. The molecule has 0 aromatic rings. The molecule has 4 aliphatic heterocycles. The van der Waals surface area contributed by atoms with Crippen molar-refractivity contribution < 1.29 is 124 Å². The van der Waals surface area contributed by atoms with E-state index in [2.05, 4.69) is 40.7 Å². The normalized spacial score (nSPS) is 52.0. The van der Waals surface area contributed by atoms with Crippen LogP contribution < -0.4 is 0 Å². The van der Waals surface area contributed by atoms with Crippen LogP contribution in [0.25, 0.3) is 0 Å². The van der Waals surface area contributed by atoms with Crippen LogP contribution in [0.1, 0.15) is 114 Å². The summed E-state index contributed by atoms with van der Waals surface area (Å²) in [5.41, 5.74) is -1.97. The van der Waals surface area contributed by atoms with Gasteiger partial charge in [-0.25, -0.2) is 4.79 Å². The van der Waals surface area contributed by atoms with Crippen molar-refractivity contribution in [2.24, 2.45) is 50.2 Å². The molecule has 15 N–H and O–H groups in total. The van der Waals surface area contributed by atoms with Crippen LogP contribution in [0, 0.1) is 50.2 Å². The summed E-state index contributed by atoms with van der Waals surface area (Å²) in [5.74, 6) is -0.888. The van der Waals surface area contributed by atoms with Crippen LogP contribution in [0.4, 0.5) is 0 Å². The summed E-state index contributed by atoms with van der Waals surface area (Å²) in [6.45, 7) is 15.7. The zero-order chi connectivity index (χ0) is 61.7. The van der Waals surface area contributed by atoms with Crippen molar-refractivity contribution in [2.45, 2.75) is 255 Å². The monoisotopic (exact) mass is 1200 g/mol. The lowest BCUT2D eigenvalue weighted by Gasteiger charge is -2.72. The summed E-state index contributed by atoms with van der Waals surface area (Å²) in [6, 6.07) is 0. The molecule has 0 bridgehead atoms. The lowest BCUT2D eigenvalue weighted by atomic mass is 9.33. The van der Waals surface area contributed by atoms with E-state index in [9.17, 15) is 81.4 Å². The van der Waals surface area contributed by atoms with E-state index in [0.29, 0.717) is 32.1 Å². The van der Waals surface area contributed by atoms with E-state index in [0.717, 1.165) is 24.8 Å². The SMILES string of the molecule is C/C=C(/C)C(=O)O[C@@H]1[C@@H](O)[C@H](O[C@H]2CC[C@]3(C)[C@H]4CC=C5[C@@H]6CC(C)(C)[C@@H](O)[C@H](O)[C@]6(CO[C@@H]6O[C@H](CO[C@@H]7O[C@H](CO)[C@@H](O)[C@H](O)[C@H]7O)[C@@H](O)[C@H](O)[C@H]6O)CC[C@@]5(C)[C@]4(C)CC[C@H]3C2(C)C)O[C@H](CO[C@@H]2O[C@H](CO)[C@@H](O)[C@H](O)[C@H]2O)[C@H]1O. The fraction of sp³-hybridized carbons (Fsp3) is 0.915. The van der Waals surface area contributed by atoms with Crippen LogP contribution in [0.15, 0.2) is 23.3 Å². The van der Waals surface area contributed by atoms with E-state index < -0.39 is 195 Å². The van der Waals surface area contributed by atoms with Gasteiger partial charge < -0.3 is 119 Å². The number of aliphatic hydroxyl groups excluding tert-OH is 15. The summed E-state index contributed by atoms with van der Waals surface area (Å²) >= 11 is 0. The molecule has 30 atom stereocenters. The molecule has 4 saturated heterocycles. The number of esters is 1.